The van der Waals surface area contributed by atoms with Crippen LogP contribution in [-0.2, 0) is 6.42 Å². The van der Waals surface area contributed by atoms with Crippen LogP contribution < -0.4 is 20.1 Å². The summed E-state index contributed by atoms with van der Waals surface area (Å²) in [5.41, 5.74) is 1.58. The number of amides is 2. The van der Waals surface area contributed by atoms with Crippen LogP contribution >= 0.6 is 0 Å². The molecule has 1 heterocycles. The number of ether oxygens (including phenoxy) is 2. The van der Waals surface area contributed by atoms with Gasteiger partial charge in [0.1, 0.15) is 5.82 Å². The van der Waals surface area contributed by atoms with Gasteiger partial charge in [-0.15, -0.1) is 0 Å². The Bertz CT molecular complexity index is 744. The minimum Gasteiger partial charge on any atom is -0.449 e. The number of hydrogen-bond donors (Lipinski definition) is 2. The monoisotopic (exact) mass is 330 g/mol. The fourth-order valence-electron chi connectivity index (χ4n) is 2.45. The van der Waals surface area contributed by atoms with Crippen molar-refractivity contribution >= 4 is 11.7 Å². The van der Waals surface area contributed by atoms with Crippen LogP contribution in [-0.4, -0.2) is 18.4 Å². The minimum absolute atomic E-state index is 0.268. The standard InChI is InChI=1S/C18H19FN2O3/c1-18(2)23-15-8-7-14(11-16(15)24-18)21-17(22)20-10-9-12-3-5-13(19)6-4-12/h3-8,11H,9-10H2,1-2H3,(H2,20,21,22). The second-order valence-corrected chi connectivity index (χ2v) is 6.02. The van der Waals surface area contributed by atoms with Gasteiger partial charge in [0, 0.05) is 32.1 Å². The molecule has 2 amide bonds. The van der Waals surface area contributed by atoms with Crippen molar-refractivity contribution in [3.8, 4) is 11.5 Å². The Kier molecular flexibility index (Phi) is 4.29. The van der Waals surface area contributed by atoms with Crippen molar-refractivity contribution in [3.63, 3.8) is 0 Å². The van der Waals surface area contributed by atoms with Crippen molar-refractivity contribution in [2.75, 3.05) is 11.9 Å². The van der Waals surface area contributed by atoms with Crippen molar-refractivity contribution in [1.82, 2.24) is 5.32 Å². The first-order chi connectivity index (χ1) is 11.4. The molecular formula is C18H19FN2O3. The van der Waals surface area contributed by atoms with E-state index in [9.17, 15) is 9.18 Å². The number of carbonyl (C=O) groups is 1. The molecule has 0 unspecified atom stereocenters. The number of urea groups is 1. The Morgan fingerprint density at radius 1 is 1.08 bits per heavy atom. The average molecular weight is 330 g/mol. The third kappa shape index (κ3) is 3.95. The van der Waals surface area contributed by atoms with E-state index in [0.717, 1.165) is 5.56 Å². The molecule has 2 N–H and O–H groups in total. The second-order valence-electron chi connectivity index (χ2n) is 6.02. The lowest BCUT2D eigenvalue weighted by atomic mass is 10.1. The van der Waals surface area contributed by atoms with E-state index in [-0.39, 0.29) is 11.8 Å². The molecule has 5 nitrogen and oxygen atoms in total. The van der Waals surface area contributed by atoms with Crippen LogP contribution in [0.2, 0.25) is 0 Å². The molecule has 0 bridgehead atoms. The Morgan fingerprint density at radius 2 is 1.79 bits per heavy atom. The van der Waals surface area contributed by atoms with Gasteiger partial charge < -0.3 is 20.1 Å². The Morgan fingerprint density at radius 3 is 2.54 bits per heavy atom. The highest BCUT2D eigenvalue weighted by atomic mass is 19.1. The fourth-order valence-corrected chi connectivity index (χ4v) is 2.45. The smallest absolute Gasteiger partial charge is 0.319 e. The van der Waals surface area contributed by atoms with E-state index in [1.165, 1.54) is 12.1 Å². The third-order valence-electron chi connectivity index (χ3n) is 3.53. The molecule has 0 fully saturated rings. The number of fused-ring (bicyclic) bond motifs is 1. The van der Waals surface area contributed by atoms with E-state index in [2.05, 4.69) is 10.6 Å². The highest BCUT2D eigenvalue weighted by Crippen LogP contribution is 2.40. The first kappa shape index (κ1) is 16.1. The number of benzene rings is 2. The van der Waals surface area contributed by atoms with Crippen molar-refractivity contribution in [2.45, 2.75) is 26.1 Å². The SMILES string of the molecule is CC1(C)Oc2ccc(NC(=O)NCCc3ccc(F)cc3)cc2O1. The average Bonchev–Trinajstić information content (AvgIpc) is 2.82. The molecule has 0 atom stereocenters. The summed E-state index contributed by atoms with van der Waals surface area (Å²) in [4.78, 5) is 11.9. The molecule has 6 heteroatoms. The number of rotatable bonds is 4. The van der Waals surface area contributed by atoms with E-state index in [4.69, 9.17) is 9.47 Å². The van der Waals surface area contributed by atoms with Gasteiger partial charge in [0.2, 0.25) is 5.79 Å². The number of anilines is 1. The van der Waals surface area contributed by atoms with Gasteiger partial charge in [-0.1, -0.05) is 12.1 Å². The van der Waals surface area contributed by atoms with Gasteiger partial charge in [-0.25, -0.2) is 9.18 Å². The highest BCUT2D eigenvalue weighted by molar-refractivity contribution is 5.89. The zero-order chi connectivity index (χ0) is 17.2. The first-order valence-corrected chi connectivity index (χ1v) is 7.73. The van der Waals surface area contributed by atoms with Crippen molar-refractivity contribution in [3.05, 3.63) is 53.8 Å². The lowest BCUT2D eigenvalue weighted by molar-refractivity contribution is -0.0431. The molecule has 2 aromatic carbocycles. The van der Waals surface area contributed by atoms with E-state index in [1.54, 1.807) is 30.3 Å². The van der Waals surface area contributed by atoms with Crippen LogP contribution in [0.1, 0.15) is 19.4 Å². The summed E-state index contributed by atoms with van der Waals surface area (Å²) >= 11 is 0. The van der Waals surface area contributed by atoms with E-state index in [0.29, 0.717) is 30.2 Å². The molecule has 0 aliphatic carbocycles. The maximum Gasteiger partial charge on any atom is 0.319 e. The summed E-state index contributed by atoms with van der Waals surface area (Å²) in [6.45, 7) is 4.10. The van der Waals surface area contributed by atoms with Gasteiger partial charge >= 0.3 is 6.03 Å². The molecular weight excluding hydrogens is 311 g/mol. The number of halogens is 1. The van der Waals surface area contributed by atoms with Crippen LogP contribution in [0.25, 0.3) is 0 Å². The van der Waals surface area contributed by atoms with Crippen LogP contribution in [0.3, 0.4) is 0 Å². The summed E-state index contributed by atoms with van der Waals surface area (Å²) in [5.74, 6) is 0.292. The predicted molar refractivity (Wildman–Crippen MR) is 88.9 cm³/mol. The highest BCUT2D eigenvalue weighted by Gasteiger charge is 2.31. The van der Waals surface area contributed by atoms with E-state index in [1.807, 2.05) is 13.8 Å². The van der Waals surface area contributed by atoms with Gasteiger partial charge in [-0.05, 0) is 36.2 Å². The van der Waals surface area contributed by atoms with Crippen molar-refractivity contribution in [1.29, 1.82) is 0 Å². The normalized spacial score (nSPS) is 14.3. The summed E-state index contributed by atoms with van der Waals surface area (Å²) in [5, 5.41) is 5.51. The summed E-state index contributed by atoms with van der Waals surface area (Å²) in [6, 6.07) is 11.1. The topological polar surface area (TPSA) is 59.6 Å². The van der Waals surface area contributed by atoms with E-state index >= 15 is 0 Å². The van der Waals surface area contributed by atoms with Crippen molar-refractivity contribution < 1.29 is 18.7 Å². The largest absolute Gasteiger partial charge is 0.449 e. The van der Waals surface area contributed by atoms with Gasteiger partial charge in [0.05, 0.1) is 0 Å². The van der Waals surface area contributed by atoms with Crippen molar-refractivity contribution in [2.24, 2.45) is 0 Å². The summed E-state index contributed by atoms with van der Waals surface area (Å²) in [6.07, 6.45) is 0.628. The first-order valence-electron chi connectivity index (χ1n) is 7.73. The van der Waals surface area contributed by atoms with E-state index < -0.39 is 5.79 Å². The molecule has 2 aromatic rings. The third-order valence-corrected chi connectivity index (χ3v) is 3.53. The van der Waals surface area contributed by atoms with Gasteiger partial charge in [-0.3, -0.25) is 0 Å². The number of carbonyl (C=O) groups excluding carboxylic acids is 1. The molecule has 3 rings (SSSR count). The van der Waals surface area contributed by atoms with Crippen LogP contribution in [0, 0.1) is 5.82 Å². The molecule has 1 aliphatic rings. The Labute approximate surface area is 139 Å². The summed E-state index contributed by atoms with van der Waals surface area (Å²) < 4.78 is 24.1. The summed E-state index contributed by atoms with van der Waals surface area (Å²) in [7, 11) is 0. The Balaban J connectivity index is 1.50. The van der Waals surface area contributed by atoms with Crippen LogP contribution in [0.4, 0.5) is 14.9 Å². The van der Waals surface area contributed by atoms with Gasteiger partial charge in [0.15, 0.2) is 11.5 Å². The molecule has 0 saturated carbocycles. The fraction of sp³-hybridized carbons (Fsp3) is 0.278. The number of hydrogen-bond acceptors (Lipinski definition) is 3. The van der Waals surface area contributed by atoms with Gasteiger partial charge in [-0.2, -0.15) is 0 Å². The second kappa shape index (κ2) is 6.39. The lowest BCUT2D eigenvalue weighted by Gasteiger charge is -2.16. The minimum atomic E-state index is -0.696. The zero-order valence-corrected chi connectivity index (χ0v) is 13.6. The quantitative estimate of drug-likeness (QED) is 0.899. The molecule has 0 saturated heterocycles. The van der Waals surface area contributed by atoms with Crippen LogP contribution in [0.15, 0.2) is 42.5 Å². The number of nitrogens with one attached hydrogen (secondary N) is 2. The maximum absolute atomic E-state index is 12.8. The Hall–Kier alpha value is -2.76. The zero-order valence-electron chi connectivity index (χ0n) is 13.6. The van der Waals surface area contributed by atoms with Gasteiger partial charge in [0.25, 0.3) is 0 Å². The molecule has 126 valence electrons. The molecule has 1 aliphatic heterocycles. The lowest BCUT2D eigenvalue weighted by Crippen LogP contribution is -2.30. The molecule has 24 heavy (non-hydrogen) atoms. The predicted octanol–water partition coefficient (Wildman–Crippen LogP) is 3.70. The molecule has 0 spiro atoms. The molecule has 0 radical (unpaired) electrons. The molecule has 0 aromatic heterocycles. The maximum atomic E-state index is 12.8. The van der Waals surface area contributed by atoms with Crippen LogP contribution in [0.5, 0.6) is 11.5 Å².